The Kier molecular flexibility index (Phi) is 3.16. The van der Waals surface area contributed by atoms with Gasteiger partial charge in [0.25, 0.3) is 0 Å². The molecule has 1 aromatic carbocycles. The number of ether oxygens (including phenoxy) is 1. The molecule has 2 rings (SSSR count). The van der Waals surface area contributed by atoms with Gasteiger partial charge in [-0.1, -0.05) is 20.8 Å². The fourth-order valence-electron chi connectivity index (χ4n) is 1.94. The van der Waals surface area contributed by atoms with E-state index < -0.39 is 0 Å². The van der Waals surface area contributed by atoms with E-state index in [0.29, 0.717) is 0 Å². The summed E-state index contributed by atoms with van der Waals surface area (Å²) in [6, 6.07) is 7.43. The van der Waals surface area contributed by atoms with Crippen molar-refractivity contribution in [1.82, 2.24) is 4.98 Å². The number of fused-ring (bicyclic) bond motifs is 1. The molecule has 3 heteroatoms. The van der Waals surface area contributed by atoms with E-state index in [1.807, 2.05) is 18.2 Å². The van der Waals surface area contributed by atoms with Crippen LogP contribution in [0, 0.1) is 5.41 Å². The molecule has 0 aliphatic heterocycles. The third-order valence-corrected chi connectivity index (χ3v) is 2.78. The Morgan fingerprint density at radius 3 is 2.56 bits per heavy atom. The maximum Gasteiger partial charge on any atom is 0.137 e. The summed E-state index contributed by atoms with van der Waals surface area (Å²) in [7, 11) is 1.63. The van der Waals surface area contributed by atoms with Crippen molar-refractivity contribution < 1.29 is 9.84 Å². The lowest BCUT2D eigenvalue weighted by Crippen LogP contribution is -2.10. The third kappa shape index (κ3) is 2.73. The van der Waals surface area contributed by atoms with E-state index in [1.54, 1.807) is 13.2 Å². The summed E-state index contributed by atoms with van der Waals surface area (Å²) in [6.45, 7) is 6.39. The molecule has 0 aliphatic rings. The number of hydrogen-bond acceptors (Lipinski definition) is 3. The Morgan fingerprint density at radius 1 is 1.22 bits per heavy atom. The zero-order valence-electron chi connectivity index (χ0n) is 11.3. The van der Waals surface area contributed by atoms with Crippen molar-refractivity contribution in [2.45, 2.75) is 27.2 Å². The monoisotopic (exact) mass is 245 g/mol. The highest BCUT2D eigenvalue weighted by molar-refractivity contribution is 5.81. The minimum absolute atomic E-state index is 0.102. The molecule has 0 saturated heterocycles. The normalized spacial score (nSPS) is 11.8. The van der Waals surface area contributed by atoms with Gasteiger partial charge in [0.2, 0.25) is 0 Å². The molecule has 2 aromatic rings. The lowest BCUT2D eigenvalue weighted by Gasteiger charge is -2.18. The minimum atomic E-state index is 0.102. The van der Waals surface area contributed by atoms with Gasteiger partial charge < -0.3 is 9.84 Å². The molecule has 0 fully saturated rings. The highest BCUT2D eigenvalue weighted by atomic mass is 16.5. The second-order valence-electron chi connectivity index (χ2n) is 5.75. The van der Waals surface area contributed by atoms with Crippen LogP contribution < -0.4 is 4.74 Å². The van der Waals surface area contributed by atoms with Crippen LogP contribution >= 0.6 is 0 Å². The SMILES string of the molecule is COc1ccc2nc(CC(C)(C)C)c(O)cc2c1. The fourth-order valence-corrected chi connectivity index (χ4v) is 1.94. The number of benzene rings is 1. The predicted octanol–water partition coefficient (Wildman–Crippen LogP) is 3.54. The molecular weight excluding hydrogens is 226 g/mol. The zero-order valence-corrected chi connectivity index (χ0v) is 11.3. The highest BCUT2D eigenvalue weighted by Gasteiger charge is 2.16. The second-order valence-corrected chi connectivity index (χ2v) is 5.75. The molecule has 0 amide bonds. The smallest absolute Gasteiger partial charge is 0.137 e. The van der Waals surface area contributed by atoms with E-state index in [2.05, 4.69) is 25.8 Å². The van der Waals surface area contributed by atoms with E-state index in [4.69, 9.17) is 4.74 Å². The first-order chi connectivity index (χ1) is 8.39. The van der Waals surface area contributed by atoms with Crippen molar-refractivity contribution in [2.24, 2.45) is 5.41 Å². The molecule has 1 N–H and O–H groups in total. The van der Waals surface area contributed by atoms with Gasteiger partial charge in [-0.2, -0.15) is 0 Å². The maximum absolute atomic E-state index is 10.0. The number of hydrogen-bond donors (Lipinski definition) is 1. The molecule has 0 bridgehead atoms. The molecule has 3 nitrogen and oxygen atoms in total. The summed E-state index contributed by atoms with van der Waals surface area (Å²) < 4.78 is 5.16. The van der Waals surface area contributed by atoms with Crippen LogP contribution in [-0.4, -0.2) is 17.2 Å². The van der Waals surface area contributed by atoms with Gasteiger partial charge in [-0.15, -0.1) is 0 Å². The van der Waals surface area contributed by atoms with Crippen LogP contribution in [0.2, 0.25) is 0 Å². The largest absolute Gasteiger partial charge is 0.506 e. The van der Waals surface area contributed by atoms with Crippen molar-refractivity contribution in [3.05, 3.63) is 30.0 Å². The summed E-state index contributed by atoms with van der Waals surface area (Å²) in [6.07, 6.45) is 0.751. The Balaban J connectivity index is 2.49. The number of aromatic hydroxyl groups is 1. The number of aromatic nitrogens is 1. The van der Waals surface area contributed by atoms with Gasteiger partial charge in [-0.25, -0.2) is 4.98 Å². The molecule has 18 heavy (non-hydrogen) atoms. The molecule has 0 spiro atoms. The van der Waals surface area contributed by atoms with Crippen molar-refractivity contribution in [3.63, 3.8) is 0 Å². The second kappa shape index (κ2) is 4.48. The summed E-state index contributed by atoms with van der Waals surface area (Å²) in [5, 5.41) is 10.9. The van der Waals surface area contributed by atoms with Crippen LogP contribution in [0.15, 0.2) is 24.3 Å². The van der Waals surface area contributed by atoms with E-state index >= 15 is 0 Å². The van der Waals surface area contributed by atoms with Crippen LogP contribution in [0.1, 0.15) is 26.5 Å². The Morgan fingerprint density at radius 2 is 1.94 bits per heavy atom. The van der Waals surface area contributed by atoms with Gasteiger partial charge in [0.15, 0.2) is 0 Å². The Labute approximate surface area is 107 Å². The summed E-state index contributed by atoms with van der Waals surface area (Å²) >= 11 is 0. The van der Waals surface area contributed by atoms with Gasteiger partial charge >= 0.3 is 0 Å². The lowest BCUT2D eigenvalue weighted by molar-refractivity contribution is 0.389. The lowest BCUT2D eigenvalue weighted by atomic mass is 9.90. The van der Waals surface area contributed by atoms with E-state index in [0.717, 1.165) is 28.8 Å². The van der Waals surface area contributed by atoms with E-state index in [1.165, 1.54) is 0 Å². The molecule has 0 aliphatic carbocycles. The van der Waals surface area contributed by atoms with Crippen LogP contribution in [0.5, 0.6) is 11.5 Å². The molecule has 1 heterocycles. The van der Waals surface area contributed by atoms with Crippen molar-refractivity contribution in [1.29, 1.82) is 0 Å². The number of pyridine rings is 1. The Hall–Kier alpha value is -1.77. The number of methoxy groups -OCH3 is 1. The summed E-state index contributed by atoms with van der Waals surface area (Å²) in [5.41, 5.74) is 1.73. The minimum Gasteiger partial charge on any atom is -0.506 e. The predicted molar refractivity (Wildman–Crippen MR) is 73.1 cm³/mol. The van der Waals surface area contributed by atoms with Crippen LogP contribution in [0.4, 0.5) is 0 Å². The summed E-state index contributed by atoms with van der Waals surface area (Å²) in [5.74, 6) is 1.03. The molecule has 0 atom stereocenters. The van der Waals surface area contributed by atoms with Crippen molar-refractivity contribution in [3.8, 4) is 11.5 Å². The van der Waals surface area contributed by atoms with Gasteiger partial charge in [0.05, 0.1) is 18.3 Å². The maximum atomic E-state index is 10.0. The third-order valence-electron chi connectivity index (χ3n) is 2.78. The van der Waals surface area contributed by atoms with Crippen molar-refractivity contribution in [2.75, 3.05) is 7.11 Å². The molecule has 0 saturated carbocycles. The number of rotatable bonds is 2. The molecule has 96 valence electrons. The first-order valence-electron chi connectivity index (χ1n) is 6.06. The molecule has 0 unspecified atom stereocenters. The van der Waals surface area contributed by atoms with Gasteiger partial charge in [0, 0.05) is 5.39 Å². The first kappa shape index (κ1) is 12.7. The molecule has 1 aromatic heterocycles. The average molecular weight is 245 g/mol. The standard InChI is InChI=1S/C15H19NO2/c1-15(2,3)9-13-14(17)8-10-7-11(18-4)5-6-12(10)16-13/h5-8,17H,9H2,1-4H3. The van der Waals surface area contributed by atoms with Crippen LogP contribution in [0.3, 0.4) is 0 Å². The highest BCUT2D eigenvalue weighted by Crippen LogP contribution is 2.29. The number of nitrogens with zero attached hydrogens (tertiary/aromatic N) is 1. The topological polar surface area (TPSA) is 42.4 Å². The molecule has 0 radical (unpaired) electrons. The zero-order chi connectivity index (χ0) is 13.3. The molecular formula is C15H19NO2. The average Bonchev–Trinajstić information content (AvgIpc) is 2.27. The fraction of sp³-hybridized carbons (Fsp3) is 0.400. The van der Waals surface area contributed by atoms with Crippen molar-refractivity contribution >= 4 is 10.9 Å². The van der Waals surface area contributed by atoms with Gasteiger partial charge in [-0.3, -0.25) is 0 Å². The van der Waals surface area contributed by atoms with Gasteiger partial charge in [0.1, 0.15) is 11.5 Å². The first-order valence-corrected chi connectivity index (χ1v) is 6.06. The van der Waals surface area contributed by atoms with Crippen LogP contribution in [-0.2, 0) is 6.42 Å². The van der Waals surface area contributed by atoms with Crippen LogP contribution in [0.25, 0.3) is 10.9 Å². The van der Waals surface area contributed by atoms with E-state index in [-0.39, 0.29) is 11.2 Å². The van der Waals surface area contributed by atoms with E-state index in [9.17, 15) is 5.11 Å². The Bertz CT molecular complexity index is 570. The summed E-state index contributed by atoms with van der Waals surface area (Å²) in [4.78, 5) is 4.53. The quantitative estimate of drug-likeness (QED) is 0.880. The van der Waals surface area contributed by atoms with Gasteiger partial charge in [-0.05, 0) is 36.1 Å².